The van der Waals surface area contributed by atoms with Crippen LogP contribution in [0.25, 0.3) is 6.08 Å². The zero-order valence-electron chi connectivity index (χ0n) is 15.5. The second-order valence-electron chi connectivity index (χ2n) is 6.29. The quantitative estimate of drug-likeness (QED) is 0.362. The standard InChI is InChI=1S/C22H15N3O4S/c26-20-15(8-7-13-18(20)25(28)29)14-19-21(27)24(17-11-5-2-6-12-17)22(30-19)23-16-9-3-1-4-10-16/h1-14,26H/b19-14-,23-22?. The summed E-state index contributed by atoms with van der Waals surface area (Å²) in [6, 6.07) is 22.5. The molecule has 0 unspecified atom stereocenters. The number of benzene rings is 3. The van der Waals surface area contributed by atoms with Crippen molar-refractivity contribution in [2.45, 2.75) is 0 Å². The fourth-order valence-corrected chi connectivity index (χ4v) is 3.91. The summed E-state index contributed by atoms with van der Waals surface area (Å²) in [4.78, 5) is 30.0. The van der Waals surface area contributed by atoms with Crippen molar-refractivity contribution in [3.8, 4) is 5.75 Å². The summed E-state index contributed by atoms with van der Waals surface area (Å²) >= 11 is 1.14. The lowest BCUT2D eigenvalue weighted by Gasteiger charge is -2.15. The van der Waals surface area contributed by atoms with Gasteiger partial charge in [0.2, 0.25) is 5.75 Å². The fourth-order valence-electron chi connectivity index (χ4n) is 2.92. The van der Waals surface area contributed by atoms with Crippen molar-refractivity contribution < 1.29 is 14.8 Å². The van der Waals surface area contributed by atoms with Gasteiger partial charge in [-0.1, -0.05) is 48.5 Å². The van der Waals surface area contributed by atoms with Gasteiger partial charge < -0.3 is 5.11 Å². The summed E-state index contributed by atoms with van der Waals surface area (Å²) in [7, 11) is 0. The van der Waals surface area contributed by atoms with Gasteiger partial charge in [0.1, 0.15) is 0 Å². The Morgan fingerprint density at radius 3 is 2.30 bits per heavy atom. The average Bonchev–Trinajstić information content (AvgIpc) is 3.05. The molecule has 0 saturated carbocycles. The zero-order chi connectivity index (χ0) is 21.1. The van der Waals surface area contributed by atoms with E-state index in [1.165, 1.54) is 29.2 Å². The number of carbonyl (C=O) groups excluding carboxylic acids is 1. The Hall–Kier alpha value is -3.91. The number of hydrogen-bond donors (Lipinski definition) is 1. The molecule has 0 radical (unpaired) electrons. The van der Waals surface area contributed by atoms with E-state index in [1.807, 2.05) is 48.5 Å². The van der Waals surface area contributed by atoms with E-state index in [0.717, 1.165) is 11.8 Å². The number of nitro groups is 1. The molecule has 148 valence electrons. The molecule has 0 spiro atoms. The topological polar surface area (TPSA) is 96.0 Å². The Kier molecular flexibility index (Phi) is 5.32. The lowest BCUT2D eigenvalue weighted by molar-refractivity contribution is -0.385. The van der Waals surface area contributed by atoms with Crippen molar-refractivity contribution in [1.82, 2.24) is 0 Å². The van der Waals surface area contributed by atoms with E-state index in [2.05, 4.69) is 4.99 Å². The minimum absolute atomic E-state index is 0.189. The van der Waals surface area contributed by atoms with Crippen LogP contribution in [0.3, 0.4) is 0 Å². The molecule has 1 amide bonds. The number of thioether (sulfide) groups is 1. The third-order valence-electron chi connectivity index (χ3n) is 4.33. The number of aromatic hydroxyl groups is 1. The lowest BCUT2D eigenvalue weighted by Crippen LogP contribution is -2.28. The molecule has 4 rings (SSSR count). The number of amides is 1. The molecular weight excluding hydrogens is 402 g/mol. The monoisotopic (exact) mass is 417 g/mol. The third-order valence-corrected chi connectivity index (χ3v) is 5.30. The number of phenols is 1. The second-order valence-corrected chi connectivity index (χ2v) is 7.30. The molecule has 7 nitrogen and oxygen atoms in total. The smallest absolute Gasteiger partial charge is 0.311 e. The molecule has 0 atom stereocenters. The average molecular weight is 417 g/mol. The number of para-hydroxylation sites is 3. The molecule has 8 heteroatoms. The Balaban J connectivity index is 1.79. The van der Waals surface area contributed by atoms with Gasteiger partial charge in [0.05, 0.1) is 21.2 Å². The maximum absolute atomic E-state index is 13.2. The first-order chi connectivity index (χ1) is 14.5. The minimum Gasteiger partial charge on any atom is -0.502 e. The van der Waals surface area contributed by atoms with Crippen LogP contribution in [-0.4, -0.2) is 21.1 Å². The van der Waals surface area contributed by atoms with Crippen molar-refractivity contribution in [3.05, 3.63) is 99.4 Å². The molecule has 3 aromatic rings. The van der Waals surface area contributed by atoms with Gasteiger partial charge >= 0.3 is 5.69 Å². The summed E-state index contributed by atoms with van der Waals surface area (Å²) in [6.45, 7) is 0. The number of aliphatic imine (C=N–C) groups is 1. The van der Waals surface area contributed by atoms with E-state index >= 15 is 0 Å². The number of rotatable bonds is 4. The van der Waals surface area contributed by atoms with Gasteiger partial charge in [0.15, 0.2) is 5.17 Å². The molecule has 3 aromatic carbocycles. The summed E-state index contributed by atoms with van der Waals surface area (Å²) < 4.78 is 0. The van der Waals surface area contributed by atoms with Gasteiger partial charge in [0, 0.05) is 11.6 Å². The summed E-state index contributed by atoms with van der Waals surface area (Å²) in [6.07, 6.45) is 1.44. The Labute approximate surface area is 176 Å². The third kappa shape index (κ3) is 3.81. The number of carbonyl (C=O) groups is 1. The van der Waals surface area contributed by atoms with Crippen molar-refractivity contribution >= 4 is 46.0 Å². The van der Waals surface area contributed by atoms with Crippen LogP contribution in [0.15, 0.2) is 88.8 Å². The van der Waals surface area contributed by atoms with Crippen LogP contribution in [0, 0.1) is 10.1 Å². The molecule has 1 aliphatic heterocycles. The number of phenolic OH excluding ortho intramolecular Hbond substituents is 1. The predicted molar refractivity (Wildman–Crippen MR) is 118 cm³/mol. The van der Waals surface area contributed by atoms with Crippen LogP contribution in [0.1, 0.15) is 5.56 Å². The van der Waals surface area contributed by atoms with Crippen LogP contribution < -0.4 is 4.90 Å². The van der Waals surface area contributed by atoms with Crippen molar-refractivity contribution in [3.63, 3.8) is 0 Å². The van der Waals surface area contributed by atoms with Crippen LogP contribution in [-0.2, 0) is 4.79 Å². The molecule has 30 heavy (non-hydrogen) atoms. The summed E-state index contributed by atoms with van der Waals surface area (Å²) in [5.74, 6) is -0.810. The van der Waals surface area contributed by atoms with Gasteiger partial charge in [-0.3, -0.25) is 19.8 Å². The maximum Gasteiger partial charge on any atom is 0.311 e. The highest BCUT2D eigenvalue weighted by atomic mass is 32.2. The van der Waals surface area contributed by atoms with E-state index in [1.54, 1.807) is 12.1 Å². The SMILES string of the molecule is O=C1/C(=C/c2cccc([N+](=O)[O-])c2O)SC(=Nc2ccccc2)N1c1ccccc1. The number of anilines is 1. The largest absolute Gasteiger partial charge is 0.502 e. The summed E-state index contributed by atoms with van der Waals surface area (Å²) in [5.41, 5.74) is 1.11. The first-order valence-electron chi connectivity index (χ1n) is 8.94. The first-order valence-corrected chi connectivity index (χ1v) is 9.75. The van der Waals surface area contributed by atoms with Crippen molar-refractivity contribution in [2.24, 2.45) is 4.99 Å². The van der Waals surface area contributed by atoms with Gasteiger partial charge in [-0.2, -0.15) is 0 Å². The molecule has 1 aliphatic rings. The highest BCUT2D eigenvalue weighted by Crippen LogP contribution is 2.39. The normalized spacial score (nSPS) is 16.4. The maximum atomic E-state index is 13.2. The van der Waals surface area contributed by atoms with Gasteiger partial charge in [-0.05, 0) is 42.1 Å². The molecule has 1 N–H and O–H groups in total. The highest BCUT2D eigenvalue weighted by Gasteiger charge is 2.35. The Morgan fingerprint density at radius 1 is 0.967 bits per heavy atom. The van der Waals surface area contributed by atoms with E-state index in [9.17, 15) is 20.0 Å². The Bertz CT molecular complexity index is 1180. The van der Waals surface area contributed by atoms with Crippen LogP contribution >= 0.6 is 11.8 Å². The second kappa shape index (κ2) is 8.22. The van der Waals surface area contributed by atoms with E-state index in [4.69, 9.17) is 0 Å². The van der Waals surface area contributed by atoms with Gasteiger partial charge in [0.25, 0.3) is 5.91 Å². The number of nitro benzene ring substituents is 1. The molecule has 1 fully saturated rings. The molecule has 0 aromatic heterocycles. The molecule has 0 aliphatic carbocycles. The zero-order valence-corrected chi connectivity index (χ0v) is 16.3. The molecule has 1 heterocycles. The van der Waals surface area contributed by atoms with Crippen LogP contribution in [0.4, 0.5) is 17.1 Å². The van der Waals surface area contributed by atoms with Crippen molar-refractivity contribution in [2.75, 3.05) is 4.90 Å². The van der Waals surface area contributed by atoms with E-state index in [-0.39, 0.29) is 11.5 Å². The minimum atomic E-state index is -0.667. The molecule has 1 saturated heterocycles. The number of nitrogens with zero attached hydrogens (tertiary/aromatic N) is 3. The number of amidine groups is 1. The molecule has 0 bridgehead atoms. The van der Waals surface area contributed by atoms with E-state index in [0.29, 0.717) is 21.4 Å². The van der Waals surface area contributed by atoms with Crippen LogP contribution in [0.5, 0.6) is 5.75 Å². The van der Waals surface area contributed by atoms with Gasteiger partial charge in [-0.25, -0.2) is 4.99 Å². The van der Waals surface area contributed by atoms with Gasteiger partial charge in [-0.15, -0.1) is 0 Å². The van der Waals surface area contributed by atoms with E-state index < -0.39 is 16.4 Å². The first kappa shape index (κ1) is 19.4. The number of hydrogen-bond acceptors (Lipinski definition) is 6. The lowest BCUT2D eigenvalue weighted by atomic mass is 10.1. The predicted octanol–water partition coefficient (Wildman–Crippen LogP) is 5.11. The Morgan fingerprint density at radius 2 is 1.63 bits per heavy atom. The molecular formula is C22H15N3O4S. The highest BCUT2D eigenvalue weighted by molar-refractivity contribution is 8.19. The van der Waals surface area contributed by atoms with Crippen molar-refractivity contribution in [1.29, 1.82) is 0 Å². The fraction of sp³-hybridized carbons (Fsp3) is 0. The van der Waals surface area contributed by atoms with Crippen LogP contribution in [0.2, 0.25) is 0 Å². The summed E-state index contributed by atoms with van der Waals surface area (Å²) in [5, 5.41) is 21.8.